The molecule has 0 saturated heterocycles. The van der Waals surface area contributed by atoms with E-state index < -0.39 is 16.9 Å². The Labute approximate surface area is 123 Å². The molecule has 7 heteroatoms. The predicted molar refractivity (Wildman–Crippen MR) is 77.5 cm³/mol. The number of rotatable bonds is 9. The third-order valence-electron chi connectivity index (χ3n) is 3.24. The van der Waals surface area contributed by atoms with Crippen LogP contribution in [0.4, 0.5) is 5.69 Å². The topological polar surface area (TPSA) is 102 Å². The molecule has 0 amide bonds. The van der Waals surface area contributed by atoms with Crippen LogP contribution in [0.5, 0.6) is 5.75 Å². The number of hydrogen-bond acceptors (Lipinski definition) is 5. The number of aliphatic carboxylic acids is 1. The van der Waals surface area contributed by atoms with Gasteiger partial charge in [-0.05, 0) is 12.0 Å². The summed E-state index contributed by atoms with van der Waals surface area (Å²) in [6.45, 7) is 4.39. The van der Waals surface area contributed by atoms with Gasteiger partial charge in [-0.25, -0.2) is 0 Å². The molecule has 116 valence electrons. The van der Waals surface area contributed by atoms with E-state index in [2.05, 4.69) is 5.32 Å². The molecule has 0 fully saturated rings. The van der Waals surface area contributed by atoms with E-state index in [1.807, 2.05) is 13.8 Å². The van der Waals surface area contributed by atoms with E-state index in [-0.39, 0.29) is 18.2 Å². The second-order valence-electron chi connectivity index (χ2n) is 4.76. The van der Waals surface area contributed by atoms with Gasteiger partial charge >= 0.3 is 5.97 Å². The first-order valence-corrected chi connectivity index (χ1v) is 6.79. The summed E-state index contributed by atoms with van der Waals surface area (Å²) in [6.07, 6.45) is 0.760. The molecule has 1 aromatic carbocycles. The molecule has 1 aromatic rings. The lowest BCUT2D eigenvalue weighted by Crippen LogP contribution is -2.43. The lowest BCUT2D eigenvalue weighted by molar-refractivity contribution is -0.384. The maximum absolute atomic E-state index is 11.1. The van der Waals surface area contributed by atoms with Crippen molar-refractivity contribution in [1.29, 1.82) is 0 Å². The fourth-order valence-corrected chi connectivity index (χ4v) is 1.84. The molecule has 2 atom stereocenters. The molecule has 0 heterocycles. The largest absolute Gasteiger partial charge is 0.492 e. The van der Waals surface area contributed by atoms with Crippen molar-refractivity contribution < 1.29 is 19.6 Å². The van der Waals surface area contributed by atoms with Gasteiger partial charge < -0.3 is 15.2 Å². The van der Waals surface area contributed by atoms with E-state index in [1.165, 1.54) is 12.1 Å². The summed E-state index contributed by atoms with van der Waals surface area (Å²) >= 11 is 0. The summed E-state index contributed by atoms with van der Waals surface area (Å²) in [5.41, 5.74) is -0.0384. The van der Waals surface area contributed by atoms with E-state index in [0.29, 0.717) is 12.3 Å². The highest BCUT2D eigenvalue weighted by Crippen LogP contribution is 2.18. The van der Waals surface area contributed by atoms with Gasteiger partial charge in [-0.1, -0.05) is 26.3 Å². The van der Waals surface area contributed by atoms with Crippen LogP contribution in [0.1, 0.15) is 20.3 Å². The van der Waals surface area contributed by atoms with Crippen LogP contribution in [-0.4, -0.2) is 35.2 Å². The minimum atomic E-state index is -0.889. The van der Waals surface area contributed by atoms with Crippen LogP contribution in [0.3, 0.4) is 0 Å². The zero-order valence-corrected chi connectivity index (χ0v) is 12.1. The average Bonchev–Trinajstić information content (AvgIpc) is 2.46. The first kappa shape index (κ1) is 16.9. The van der Waals surface area contributed by atoms with Gasteiger partial charge in [-0.2, -0.15) is 0 Å². The highest BCUT2D eigenvalue weighted by Gasteiger charge is 2.22. The SMILES string of the molecule is CC[C@H](C)[C@H](NCCOc1cccc([N+](=O)[O-])c1)C(=O)O. The molecule has 0 aliphatic heterocycles. The van der Waals surface area contributed by atoms with E-state index in [4.69, 9.17) is 9.84 Å². The fraction of sp³-hybridized carbons (Fsp3) is 0.500. The summed E-state index contributed by atoms with van der Waals surface area (Å²) in [4.78, 5) is 21.2. The molecule has 2 N–H and O–H groups in total. The molecular formula is C14H20N2O5. The Hall–Kier alpha value is -2.15. The summed E-state index contributed by atoms with van der Waals surface area (Å²) in [6, 6.07) is 5.26. The number of carboxylic acid groups (broad SMARTS) is 1. The zero-order chi connectivity index (χ0) is 15.8. The molecule has 0 spiro atoms. The molecule has 1 rings (SSSR count). The minimum Gasteiger partial charge on any atom is -0.492 e. The molecule has 0 radical (unpaired) electrons. The molecule has 0 aliphatic rings. The second-order valence-corrected chi connectivity index (χ2v) is 4.76. The Morgan fingerprint density at radius 3 is 2.81 bits per heavy atom. The maximum atomic E-state index is 11.1. The van der Waals surface area contributed by atoms with Gasteiger partial charge in [-0.15, -0.1) is 0 Å². The van der Waals surface area contributed by atoms with Crippen LogP contribution in [0, 0.1) is 16.0 Å². The van der Waals surface area contributed by atoms with Gasteiger partial charge in [0, 0.05) is 12.6 Å². The van der Waals surface area contributed by atoms with E-state index in [9.17, 15) is 14.9 Å². The summed E-state index contributed by atoms with van der Waals surface area (Å²) in [5.74, 6) is -0.485. The summed E-state index contributed by atoms with van der Waals surface area (Å²) < 4.78 is 5.38. The van der Waals surface area contributed by atoms with Crippen LogP contribution in [-0.2, 0) is 4.79 Å². The molecule has 0 unspecified atom stereocenters. The number of carbonyl (C=O) groups is 1. The number of nitrogens with zero attached hydrogens (tertiary/aromatic N) is 1. The average molecular weight is 296 g/mol. The quantitative estimate of drug-likeness (QED) is 0.411. The smallest absolute Gasteiger partial charge is 0.320 e. The maximum Gasteiger partial charge on any atom is 0.320 e. The van der Waals surface area contributed by atoms with Gasteiger partial charge in [0.05, 0.1) is 11.0 Å². The number of carboxylic acids is 1. The van der Waals surface area contributed by atoms with Gasteiger partial charge in [-0.3, -0.25) is 14.9 Å². The Morgan fingerprint density at radius 2 is 2.24 bits per heavy atom. The first-order valence-electron chi connectivity index (χ1n) is 6.79. The summed E-state index contributed by atoms with van der Waals surface area (Å²) in [5, 5.41) is 22.7. The van der Waals surface area contributed by atoms with Gasteiger partial charge in [0.1, 0.15) is 18.4 Å². The van der Waals surface area contributed by atoms with Crippen molar-refractivity contribution in [1.82, 2.24) is 5.32 Å². The molecule has 0 aromatic heterocycles. The van der Waals surface area contributed by atoms with Crippen molar-refractivity contribution in [3.8, 4) is 5.75 Å². The third-order valence-corrected chi connectivity index (χ3v) is 3.24. The fourth-order valence-electron chi connectivity index (χ4n) is 1.84. The molecular weight excluding hydrogens is 276 g/mol. The highest BCUT2D eigenvalue weighted by atomic mass is 16.6. The molecule has 7 nitrogen and oxygen atoms in total. The van der Waals surface area contributed by atoms with Crippen molar-refractivity contribution in [2.24, 2.45) is 5.92 Å². The number of nitro groups is 1. The zero-order valence-electron chi connectivity index (χ0n) is 12.1. The number of non-ortho nitro benzene ring substituents is 1. The highest BCUT2D eigenvalue weighted by molar-refractivity contribution is 5.73. The molecule has 0 bridgehead atoms. The number of hydrogen-bond donors (Lipinski definition) is 2. The van der Waals surface area contributed by atoms with Crippen molar-refractivity contribution in [3.63, 3.8) is 0 Å². The van der Waals surface area contributed by atoms with E-state index in [1.54, 1.807) is 12.1 Å². The Morgan fingerprint density at radius 1 is 1.52 bits per heavy atom. The van der Waals surface area contributed by atoms with Crippen molar-refractivity contribution >= 4 is 11.7 Å². The van der Waals surface area contributed by atoms with Crippen molar-refractivity contribution in [2.75, 3.05) is 13.2 Å². The Balaban J connectivity index is 2.44. The van der Waals surface area contributed by atoms with Crippen LogP contribution >= 0.6 is 0 Å². The lowest BCUT2D eigenvalue weighted by atomic mass is 9.99. The first-order chi connectivity index (χ1) is 9.95. The molecule has 21 heavy (non-hydrogen) atoms. The van der Waals surface area contributed by atoms with Gasteiger partial charge in [0.25, 0.3) is 5.69 Å². The summed E-state index contributed by atoms with van der Waals surface area (Å²) in [7, 11) is 0. The lowest BCUT2D eigenvalue weighted by Gasteiger charge is -2.20. The van der Waals surface area contributed by atoms with Crippen LogP contribution in [0.25, 0.3) is 0 Å². The normalized spacial score (nSPS) is 13.4. The predicted octanol–water partition coefficient (Wildman–Crippen LogP) is 2.06. The standard InChI is InChI=1S/C14H20N2O5/c1-3-10(2)13(14(17)18)15-7-8-21-12-6-4-5-11(9-12)16(19)20/h4-6,9-10,13,15H,3,7-8H2,1-2H3,(H,17,18)/t10-,13-/m0/s1. The van der Waals surface area contributed by atoms with Crippen molar-refractivity contribution in [2.45, 2.75) is 26.3 Å². The van der Waals surface area contributed by atoms with E-state index >= 15 is 0 Å². The van der Waals surface area contributed by atoms with Crippen molar-refractivity contribution in [3.05, 3.63) is 34.4 Å². The Kier molecular flexibility index (Phi) is 6.61. The Bertz CT molecular complexity index is 492. The monoisotopic (exact) mass is 296 g/mol. The molecule has 0 aliphatic carbocycles. The van der Waals surface area contributed by atoms with E-state index in [0.717, 1.165) is 6.42 Å². The van der Waals surface area contributed by atoms with Crippen LogP contribution < -0.4 is 10.1 Å². The number of ether oxygens (including phenoxy) is 1. The van der Waals surface area contributed by atoms with Crippen LogP contribution in [0.2, 0.25) is 0 Å². The van der Waals surface area contributed by atoms with Crippen LogP contribution in [0.15, 0.2) is 24.3 Å². The van der Waals surface area contributed by atoms with Gasteiger partial charge in [0.15, 0.2) is 0 Å². The minimum absolute atomic E-state index is 0.0142. The van der Waals surface area contributed by atoms with Gasteiger partial charge in [0.2, 0.25) is 0 Å². The number of benzene rings is 1. The second kappa shape index (κ2) is 8.21. The number of nitro benzene ring substituents is 1. The molecule has 0 saturated carbocycles. The number of nitrogens with one attached hydrogen (secondary N) is 1. The third kappa shape index (κ3) is 5.39.